The van der Waals surface area contributed by atoms with E-state index in [1.54, 1.807) is 4.90 Å². The van der Waals surface area contributed by atoms with Crippen molar-refractivity contribution in [2.75, 3.05) is 224 Å². The Bertz CT molecular complexity index is 3470. The molecule has 812 valence electrons. The second-order valence-electron chi connectivity index (χ2n) is 36.3. The molecular weight excluding hydrogens is 3010 g/mol. The molecule has 7 heterocycles. The first kappa shape index (κ1) is 139. The fraction of sp³-hybridized carbons (Fsp3) is 0.876. The maximum Gasteiger partial charge on any atom is 0.410 e. The van der Waals surface area contributed by atoms with Crippen molar-refractivity contribution in [3.8, 4) is 0 Å². The summed E-state index contributed by atoms with van der Waals surface area (Å²) in [7, 11) is 0. The van der Waals surface area contributed by atoms with E-state index in [4.69, 9.17) is 66.3 Å². The summed E-state index contributed by atoms with van der Waals surface area (Å²) >= 11 is 57.5. The number of ether oxygens (including phenoxy) is 14. The Hall–Kier alpha value is 2.25. The van der Waals surface area contributed by atoms with Crippen LogP contribution in [0, 0.1) is 35.5 Å². The lowest BCUT2D eigenvalue weighted by Crippen LogP contribution is -2.47. The lowest BCUT2D eigenvalue weighted by atomic mass is 9.83. The Balaban J connectivity index is 0.000000817. The molecule has 7 fully saturated rings. The highest BCUT2D eigenvalue weighted by atomic mass is 80.0. The number of carbonyl (C=O) groups is 11. The largest absolute Gasteiger partial charge is 0.461 e. The average Bonchev–Trinajstić information content (AvgIpc) is 0.826. The molecule has 0 aromatic carbocycles. The molecule has 1 amide bonds. The van der Waals surface area contributed by atoms with Gasteiger partial charge in [-0.3, -0.25) is 53.1 Å². The number of esters is 10. The first-order valence-electron chi connectivity index (χ1n) is 46.3. The third kappa shape index (κ3) is 63.6. The van der Waals surface area contributed by atoms with E-state index in [1.165, 1.54) is 0 Å². The molecular formula is C89H145Br18N7O25. The molecule has 32 nitrogen and oxygen atoms in total. The van der Waals surface area contributed by atoms with Crippen molar-refractivity contribution in [3.63, 3.8) is 0 Å². The molecule has 5 atom stereocenters. The van der Waals surface area contributed by atoms with Crippen molar-refractivity contribution < 1.29 is 119 Å². The Kier molecular flexibility index (Phi) is 76.9. The molecule has 139 heavy (non-hydrogen) atoms. The first-order chi connectivity index (χ1) is 65.2. The highest BCUT2D eigenvalue weighted by Gasteiger charge is 2.42. The van der Waals surface area contributed by atoms with E-state index in [9.17, 15) is 52.7 Å². The number of likely N-dealkylation sites (tertiary alicyclic amines) is 1. The number of piperidine rings is 4. The number of carbonyl (C=O) groups excluding carboxylic acids is 11. The minimum absolute atomic E-state index is 0.0268. The number of morpholine rings is 3. The summed E-state index contributed by atoms with van der Waals surface area (Å²) in [4.78, 5) is 137. The van der Waals surface area contributed by atoms with Gasteiger partial charge in [-0.15, -0.1) is 0 Å². The molecule has 3 N–H and O–H groups in total. The van der Waals surface area contributed by atoms with E-state index in [2.05, 4.69) is 317 Å². The fourth-order valence-electron chi connectivity index (χ4n) is 14.4. The second kappa shape index (κ2) is 76.7. The van der Waals surface area contributed by atoms with Gasteiger partial charge in [-0.05, 0) is 282 Å². The predicted molar refractivity (Wildman–Crippen MR) is 605 cm³/mol. The van der Waals surface area contributed by atoms with Crippen LogP contribution in [0.25, 0.3) is 0 Å². The van der Waals surface area contributed by atoms with Crippen LogP contribution in [0.2, 0.25) is 0 Å². The Labute approximate surface area is 975 Å². The Morgan fingerprint density at radius 1 is 0.338 bits per heavy atom. The van der Waals surface area contributed by atoms with E-state index in [-0.39, 0.29) is 119 Å². The van der Waals surface area contributed by atoms with Crippen molar-refractivity contribution in [1.82, 2.24) is 35.6 Å². The van der Waals surface area contributed by atoms with Crippen LogP contribution in [0.15, 0.2) is 0 Å². The molecule has 50 heteroatoms. The summed E-state index contributed by atoms with van der Waals surface area (Å²) in [5.41, 5.74) is -1.94. The van der Waals surface area contributed by atoms with Gasteiger partial charge in [0.25, 0.3) is 0 Å². The van der Waals surface area contributed by atoms with Gasteiger partial charge in [-0.2, -0.15) is 0 Å². The second-order valence-corrected chi connectivity index (χ2v) is 58.6. The van der Waals surface area contributed by atoms with Crippen molar-refractivity contribution in [2.45, 2.75) is 220 Å². The van der Waals surface area contributed by atoms with E-state index in [0.29, 0.717) is 135 Å². The van der Waals surface area contributed by atoms with Gasteiger partial charge < -0.3 is 87.2 Å². The molecule has 0 radical (unpaired) electrons. The van der Waals surface area contributed by atoms with E-state index >= 15 is 0 Å². The number of nitrogens with zero attached hydrogens (tertiary/aromatic N) is 4. The fourth-order valence-corrected chi connectivity index (χ4v) is 19.9. The standard InChI is InChI=1S/C15H23Br4NO5.C15H26BrNO4.C13H19Br4NO5.C13H24BrNO2.C12H22BrNO2.C11H13Br6NO5.C10H18BrNO2/c16-5-11(6-17)14(21)24-10-13(9-20-1-3-23-4-2-20)25-15(22)12(7-18)8-19;1-14(2,3)21-13(19)17-8-6-11(7-9-17)15(4,5)20-12(18)10-16;14-5-10(16)12(19)22-8-9(23-13(20)11(17)6-15)7-18-1-3-21-4-2-18;1-13(2,11-6-9-15-10-7-11)17-12(16)5-3-4-8-14;1-12(2,10-5-8-14-9-6-10)16-11(15)4-3-7-13;12-10(13,14)8(19)22-6-7(23-9(20)11(15,16)17)5-18-1-3-21-4-2-18;1-10(2,14-9(13)7-11)8-3-5-12-6-4-8/h11-13H,1-10H2;11H,6-10H2,1-5H3;9-11H,1-8H2;11,15H,3-10H2,1-2H3;10,14H,3-9H2,1-2H3;7H,1-6H2;8,12H,3-7H2,1-2H3. The number of nitrogens with one attached hydrogen (secondary N) is 3. The van der Waals surface area contributed by atoms with Crippen LogP contribution in [0.4, 0.5) is 4.79 Å². The summed E-state index contributed by atoms with van der Waals surface area (Å²) in [5.74, 6) is -1.92. The van der Waals surface area contributed by atoms with E-state index in [1.807, 2.05) is 76.2 Å². The minimum atomic E-state index is -1.18. The zero-order chi connectivity index (χ0) is 105. The van der Waals surface area contributed by atoms with Gasteiger partial charge >= 0.3 is 65.8 Å². The SMILES string of the molecule is CC(C)(C)OC(=O)N1CCC(C(C)(C)OC(=O)CBr)CC1.CC(C)(OC(=O)CBr)C1CCNCC1.CC(C)(OC(=O)CCCBr)C1CCNCC1.CC(C)(OC(=O)CCCCBr)C1CCNCC1.O=C(OCC(CN1CCOCC1)OC(=O)C(Br)(Br)Br)C(Br)(Br)Br.O=C(OCC(CN1CCOCC1)OC(=O)C(Br)CBr)C(Br)CBr.O=C(OCC(CN1CCOCC1)OC(=O)C(CBr)CBr)C(CBr)CBr. The molecule has 0 saturated carbocycles. The smallest absolute Gasteiger partial charge is 0.410 e. The van der Waals surface area contributed by atoms with Crippen molar-refractivity contribution >= 4 is 353 Å². The lowest BCUT2D eigenvalue weighted by Gasteiger charge is -2.40. The van der Waals surface area contributed by atoms with Crippen LogP contribution in [0.5, 0.6) is 0 Å². The minimum Gasteiger partial charge on any atom is -0.461 e. The van der Waals surface area contributed by atoms with Crippen LogP contribution < -0.4 is 16.0 Å². The molecule has 0 aromatic rings. The Morgan fingerprint density at radius 3 is 0.964 bits per heavy atom. The number of halogens is 18. The van der Waals surface area contributed by atoms with Gasteiger partial charge in [-0.25, -0.2) is 14.4 Å². The van der Waals surface area contributed by atoms with Crippen LogP contribution >= 0.6 is 287 Å². The number of rotatable bonds is 42. The summed E-state index contributed by atoms with van der Waals surface area (Å²) in [6.07, 6.45) is 10.1. The molecule has 7 rings (SSSR count). The van der Waals surface area contributed by atoms with Gasteiger partial charge in [0.2, 0.25) is 4.29 Å². The van der Waals surface area contributed by atoms with Crippen LogP contribution in [-0.2, 0) is 114 Å². The highest BCUT2D eigenvalue weighted by molar-refractivity contribution is 9.40. The zero-order valence-corrected chi connectivity index (χ0v) is 110. The number of hydrogen-bond donors (Lipinski definition) is 3. The van der Waals surface area contributed by atoms with Gasteiger partial charge in [-0.1, -0.05) is 191 Å². The molecule has 5 unspecified atom stereocenters. The number of alkyl halides is 18. The Morgan fingerprint density at radius 2 is 0.640 bits per heavy atom. The maximum absolute atomic E-state index is 12.3. The third-order valence-corrected chi connectivity index (χ3v) is 34.1. The van der Waals surface area contributed by atoms with E-state index in [0.717, 1.165) is 160 Å². The van der Waals surface area contributed by atoms with Gasteiger partial charge in [0, 0.05) is 151 Å². The summed E-state index contributed by atoms with van der Waals surface area (Å²) in [5, 5.41) is 15.2. The molecule has 0 aromatic heterocycles. The van der Waals surface area contributed by atoms with Crippen molar-refractivity contribution in [1.29, 1.82) is 0 Å². The number of unbranched alkanes of at least 4 members (excludes halogenated alkanes) is 1. The monoisotopic (exact) mass is 3130 g/mol. The zero-order valence-electron chi connectivity index (χ0n) is 81.3. The van der Waals surface area contributed by atoms with Gasteiger partial charge in [0.05, 0.1) is 51.5 Å². The average molecular weight is 3150 g/mol. The van der Waals surface area contributed by atoms with Crippen LogP contribution in [0.3, 0.4) is 0 Å². The molecule has 7 saturated heterocycles. The quantitative estimate of drug-likeness (QED) is 0.0221. The van der Waals surface area contributed by atoms with Crippen molar-refractivity contribution in [3.05, 3.63) is 0 Å². The summed E-state index contributed by atoms with van der Waals surface area (Å²) in [6.45, 7) is 38.9. The maximum atomic E-state index is 12.3. The predicted octanol–water partition coefficient (Wildman–Crippen LogP) is 18.5. The highest BCUT2D eigenvalue weighted by Crippen LogP contribution is 2.39. The number of amides is 1. The van der Waals surface area contributed by atoms with Crippen molar-refractivity contribution in [2.24, 2.45) is 35.5 Å². The third-order valence-electron chi connectivity index (χ3n) is 22.5. The van der Waals surface area contributed by atoms with E-state index < -0.39 is 55.4 Å². The van der Waals surface area contributed by atoms with Crippen LogP contribution in [-0.4, -0.2) is 370 Å². The lowest BCUT2D eigenvalue weighted by molar-refractivity contribution is -0.164. The first-order valence-corrected chi connectivity index (χ1v) is 64.1. The molecule has 0 spiro atoms. The van der Waals surface area contributed by atoms with Crippen LogP contribution in [0.1, 0.15) is 160 Å². The molecule has 7 aliphatic rings. The molecule has 0 aliphatic carbocycles. The van der Waals surface area contributed by atoms with Gasteiger partial charge in [0.1, 0.15) is 86.5 Å². The molecule has 7 aliphatic heterocycles. The molecule has 0 bridgehead atoms. The summed E-state index contributed by atoms with van der Waals surface area (Å²) < 4.78 is 73.3. The summed E-state index contributed by atoms with van der Waals surface area (Å²) in [6, 6.07) is 0. The normalized spacial score (nSPS) is 18.3. The van der Waals surface area contributed by atoms with Gasteiger partial charge in [0.15, 0.2) is 0 Å². The number of hydrogen-bond acceptors (Lipinski definition) is 31. The topological polar surface area (TPSA) is 366 Å².